The number of nitrogen functional groups attached to an aromatic ring is 1. The van der Waals surface area contributed by atoms with Gasteiger partial charge in [-0.25, -0.2) is 4.98 Å². The molecule has 2 heterocycles. The largest absolute Gasteiger partial charge is 0.459 e. The van der Waals surface area contributed by atoms with Crippen LogP contribution in [0.15, 0.2) is 47.0 Å². The van der Waals surface area contributed by atoms with E-state index in [0.717, 1.165) is 22.3 Å². The molecular formula is C14H11ClN2O. The Balaban J connectivity index is 2.01. The van der Waals surface area contributed by atoms with E-state index in [1.807, 2.05) is 36.4 Å². The first-order valence-electron chi connectivity index (χ1n) is 5.60. The molecule has 3 rings (SSSR count). The van der Waals surface area contributed by atoms with Crippen molar-refractivity contribution in [3.8, 4) is 0 Å². The summed E-state index contributed by atoms with van der Waals surface area (Å²) in [5.41, 5.74) is 7.48. The molecule has 18 heavy (non-hydrogen) atoms. The zero-order valence-corrected chi connectivity index (χ0v) is 10.3. The van der Waals surface area contributed by atoms with Crippen LogP contribution in [0, 0.1) is 0 Å². The van der Waals surface area contributed by atoms with E-state index < -0.39 is 0 Å². The minimum absolute atomic E-state index is 0.532. The van der Waals surface area contributed by atoms with E-state index in [0.29, 0.717) is 17.3 Å². The van der Waals surface area contributed by atoms with Crippen LogP contribution in [0.5, 0.6) is 0 Å². The molecule has 0 atom stereocenters. The average molecular weight is 259 g/mol. The van der Waals surface area contributed by atoms with Gasteiger partial charge in [0.25, 0.3) is 0 Å². The Labute approximate surface area is 109 Å². The molecule has 0 unspecified atom stereocenters. The molecule has 2 N–H and O–H groups in total. The highest BCUT2D eigenvalue weighted by molar-refractivity contribution is 6.34. The highest BCUT2D eigenvalue weighted by atomic mass is 35.5. The summed E-state index contributed by atoms with van der Waals surface area (Å²) in [7, 11) is 0. The lowest BCUT2D eigenvalue weighted by Crippen LogP contribution is -1.97. The molecule has 0 radical (unpaired) electrons. The summed E-state index contributed by atoms with van der Waals surface area (Å²) in [6.45, 7) is 0. The molecule has 0 bridgehead atoms. The maximum Gasteiger partial charge on any atom is 0.152 e. The second kappa shape index (κ2) is 4.35. The smallest absolute Gasteiger partial charge is 0.152 e. The molecule has 0 aliphatic rings. The summed E-state index contributed by atoms with van der Waals surface area (Å²) in [4.78, 5) is 4.06. The Hall–Kier alpha value is -2.00. The maximum atomic E-state index is 6.07. The van der Waals surface area contributed by atoms with Crippen LogP contribution in [-0.2, 0) is 6.42 Å². The highest BCUT2D eigenvalue weighted by Gasteiger charge is 2.09. The molecule has 0 fully saturated rings. The van der Waals surface area contributed by atoms with Gasteiger partial charge in [0.2, 0.25) is 0 Å². The van der Waals surface area contributed by atoms with Gasteiger partial charge in [-0.3, -0.25) is 0 Å². The highest BCUT2D eigenvalue weighted by Crippen LogP contribution is 2.28. The third-order valence-electron chi connectivity index (χ3n) is 2.84. The number of furan rings is 1. The number of fused-ring (bicyclic) bond motifs is 1. The first-order chi connectivity index (χ1) is 8.74. The van der Waals surface area contributed by atoms with Crippen LogP contribution in [0.4, 0.5) is 5.82 Å². The number of para-hydroxylation sites is 1. The minimum Gasteiger partial charge on any atom is -0.459 e. The number of hydrogen-bond donors (Lipinski definition) is 1. The fourth-order valence-corrected chi connectivity index (χ4v) is 2.18. The van der Waals surface area contributed by atoms with E-state index in [-0.39, 0.29) is 0 Å². The third-order valence-corrected chi connectivity index (χ3v) is 3.14. The quantitative estimate of drug-likeness (QED) is 0.763. The summed E-state index contributed by atoms with van der Waals surface area (Å²) in [5.74, 6) is 1.36. The van der Waals surface area contributed by atoms with Crippen molar-refractivity contribution >= 4 is 28.4 Å². The lowest BCUT2D eigenvalue weighted by molar-refractivity contribution is 0.563. The predicted molar refractivity (Wildman–Crippen MR) is 72.7 cm³/mol. The molecule has 2 aromatic heterocycles. The number of nitrogens with zero attached hydrogens (tertiary/aromatic N) is 1. The molecule has 0 amide bonds. The number of anilines is 1. The number of benzene rings is 1. The standard InChI is InChI=1S/C14H11ClN2O/c15-12-5-1-3-9-7-11(18-13(9)12)8-10-4-2-6-17-14(10)16/h1-7H,8H2,(H2,16,17). The van der Waals surface area contributed by atoms with Crippen molar-refractivity contribution < 1.29 is 4.42 Å². The van der Waals surface area contributed by atoms with Crippen LogP contribution >= 0.6 is 11.6 Å². The normalized spacial score (nSPS) is 10.9. The van der Waals surface area contributed by atoms with Gasteiger partial charge in [-0.1, -0.05) is 29.8 Å². The summed E-state index contributed by atoms with van der Waals surface area (Å²) in [6.07, 6.45) is 2.29. The average Bonchev–Trinajstić information content (AvgIpc) is 2.76. The number of aromatic nitrogens is 1. The zero-order chi connectivity index (χ0) is 12.5. The van der Waals surface area contributed by atoms with Crippen molar-refractivity contribution in [3.63, 3.8) is 0 Å². The minimum atomic E-state index is 0.532. The van der Waals surface area contributed by atoms with E-state index in [1.165, 1.54) is 0 Å². The molecular weight excluding hydrogens is 248 g/mol. The Morgan fingerprint density at radius 1 is 1.22 bits per heavy atom. The second-order valence-corrected chi connectivity index (χ2v) is 4.50. The van der Waals surface area contributed by atoms with E-state index in [2.05, 4.69) is 4.98 Å². The Morgan fingerprint density at radius 2 is 2.11 bits per heavy atom. The van der Waals surface area contributed by atoms with Crippen LogP contribution in [0.1, 0.15) is 11.3 Å². The van der Waals surface area contributed by atoms with Crippen LogP contribution in [-0.4, -0.2) is 4.98 Å². The van der Waals surface area contributed by atoms with Crippen LogP contribution in [0.2, 0.25) is 5.02 Å². The Bertz CT molecular complexity index is 706. The van der Waals surface area contributed by atoms with Gasteiger partial charge < -0.3 is 10.2 Å². The van der Waals surface area contributed by atoms with Gasteiger partial charge in [0.15, 0.2) is 5.58 Å². The van der Waals surface area contributed by atoms with Crippen LogP contribution < -0.4 is 5.73 Å². The van der Waals surface area contributed by atoms with Gasteiger partial charge in [0, 0.05) is 23.6 Å². The van der Waals surface area contributed by atoms with Gasteiger partial charge in [0.1, 0.15) is 11.6 Å². The van der Waals surface area contributed by atoms with Crippen molar-refractivity contribution in [2.24, 2.45) is 0 Å². The number of hydrogen-bond acceptors (Lipinski definition) is 3. The molecule has 0 spiro atoms. The van der Waals surface area contributed by atoms with Gasteiger partial charge >= 0.3 is 0 Å². The first-order valence-corrected chi connectivity index (χ1v) is 5.98. The fraction of sp³-hybridized carbons (Fsp3) is 0.0714. The summed E-state index contributed by atoms with van der Waals surface area (Å²) in [6, 6.07) is 11.5. The zero-order valence-electron chi connectivity index (χ0n) is 9.56. The van der Waals surface area contributed by atoms with Crippen molar-refractivity contribution in [1.82, 2.24) is 4.98 Å². The maximum absolute atomic E-state index is 6.07. The van der Waals surface area contributed by atoms with E-state index in [1.54, 1.807) is 6.20 Å². The molecule has 1 aromatic carbocycles. The van der Waals surface area contributed by atoms with Gasteiger partial charge in [0.05, 0.1) is 5.02 Å². The topological polar surface area (TPSA) is 52.0 Å². The lowest BCUT2D eigenvalue weighted by Gasteiger charge is -2.00. The van der Waals surface area contributed by atoms with Crippen molar-refractivity contribution in [1.29, 1.82) is 0 Å². The van der Waals surface area contributed by atoms with Crippen LogP contribution in [0.3, 0.4) is 0 Å². The Morgan fingerprint density at radius 3 is 2.89 bits per heavy atom. The molecule has 0 saturated heterocycles. The predicted octanol–water partition coefficient (Wildman–Crippen LogP) is 3.65. The molecule has 3 nitrogen and oxygen atoms in total. The summed E-state index contributed by atoms with van der Waals surface area (Å²) in [5, 5.41) is 1.62. The molecule has 0 aliphatic heterocycles. The van der Waals surface area contributed by atoms with Gasteiger partial charge in [-0.05, 0) is 18.2 Å². The van der Waals surface area contributed by atoms with E-state index >= 15 is 0 Å². The number of rotatable bonds is 2. The Kier molecular flexibility index (Phi) is 2.68. The number of pyridine rings is 1. The van der Waals surface area contributed by atoms with E-state index in [4.69, 9.17) is 21.8 Å². The molecule has 3 aromatic rings. The molecule has 4 heteroatoms. The van der Waals surface area contributed by atoms with Gasteiger partial charge in [-0.15, -0.1) is 0 Å². The van der Waals surface area contributed by atoms with Crippen molar-refractivity contribution in [2.75, 3.05) is 5.73 Å². The van der Waals surface area contributed by atoms with E-state index in [9.17, 15) is 0 Å². The molecule has 0 saturated carbocycles. The monoisotopic (exact) mass is 258 g/mol. The van der Waals surface area contributed by atoms with Crippen molar-refractivity contribution in [2.45, 2.75) is 6.42 Å². The first kappa shape index (κ1) is 11.1. The summed E-state index contributed by atoms with van der Waals surface area (Å²) < 4.78 is 5.74. The van der Waals surface area contributed by atoms with Gasteiger partial charge in [-0.2, -0.15) is 0 Å². The lowest BCUT2D eigenvalue weighted by atomic mass is 10.1. The number of halogens is 1. The number of nitrogens with two attached hydrogens (primary N) is 1. The SMILES string of the molecule is Nc1ncccc1Cc1cc2cccc(Cl)c2o1. The fourth-order valence-electron chi connectivity index (χ4n) is 1.96. The third kappa shape index (κ3) is 1.93. The molecule has 90 valence electrons. The van der Waals surface area contributed by atoms with Crippen molar-refractivity contribution in [3.05, 3.63) is 58.9 Å². The molecule has 0 aliphatic carbocycles. The van der Waals surface area contributed by atoms with Crippen LogP contribution in [0.25, 0.3) is 11.0 Å². The second-order valence-electron chi connectivity index (χ2n) is 4.10. The summed E-state index contributed by atoms with van der Waals surface area (Å²) >= 11 is 6.07.